The molecule has 1 rings (SSSR count). The average molecular weight is 244 g/mol. The summed E-state index contributed by atoms with van der Waals surface area (Å²) in [5.41, 5.74) is 2.29. The Morgan fingerprint density at radius 2 is 2.12 bits per heavy atom. The van der Waals surface area contributed by atoms with Gasteiger partial charge >= 0.3 is 0 Å². The van der Waals surface area contributed by atoms with Gasteiger partial charge in [0.1, 0.15) is 0 Å². The van der Waals surface area contributed by atoms with Crippen molar-refractivity contribution in [2.24, 2.45) is 12.5 Å². The first-order chi connectivity index (χ1) is 7.43. The summed E-state index contributed by atoms with van der Waals surface area (Å²) in [6.07, 6.45) is 2.08. The van der Waals surface area contributed by atoms with Crippen LogP contribution >= 0.6 is 11.6 Å². The number of aromatic nitrogens is 2. The van der Waals surface area contributed by atoms with Crippen LogP contribution in [0.25, 0.3) is 0 Å². The highest BCUT2D eigenvalue weighted by Gasteiger charge is 2.25. The van der Waals surface area contributed by atoms with Crippen LogP contribution in [0.3, 0.4) is 0 Å². The summed E-state index contributed by atoms with van der Waals surface area (Å²) in [7, 11) is 3.95. The SMILES string of the molecule is CCC(C)(CNC)Cc1c(Cl)c(C)nn1C. The molecule has 16 heavy (non-hydrogen) atoms. The van der Waals surface area contributed by atoms with Gasteiger partial charge in [0.2, 0.25) is 0 Å². The highest BCUT2D eigenvalue weighted by molar-refractivity contribution is 6.31. The molecule has 0 amide bonds. The topological polar surface area (TPSA) is 29.9 Å². The third-order valence-corrected chi connectivity index (χ3v) is 3.80. The normalized spacial score (nSPS) is 15.1. The van der Waals surface area contributed by atoms with Crippen LogP contribution in [-0.2, 0) is 13.5 Å². The third-order valence-electron chi connectivity index (χ3n) is 3.31. The lowest BCUT2D eigenvalue weighted by Gasteiger charge is -2.28. The Morgan fingerprint density at radius 3 is 2.50 bits per heavy atom. The number of nitrogens with one attached hydrogen (secondary N) is 1. The van der Waals surface area contributed by atoms with Crippen molar-refractivity contribution < 1.29 is 0 Å². The van der Waals surface area contributed by atoms with Gasteiger partial charge in [-0.3, -0.25) is 4.68 Å². The molecule has 0 spiro atoms. The molecule has 0 saturated heterocycles. The van der Waals surface area contributed by atoms with Gasteiger partial charge in [-0.15, -0.1) is 0 Å². The Kier molecular flexibility index (Phi) is 4.39. The molecule has 4 heteroatoms. The molecule has 92 valence electrons. The van der Waals surface area contributed by atoms with E-state index in [4.69, 9.17) is 11.6 Å². The molecule has 0 bridgehead atoms. The van der Waals surface area contributed by atoms with E-state index in [1.54, 1.807) is 0 Å². The lowest BCUT2D eigenvalue weighted by Crippen LogP contribution is -2.32. The van der Waals surface area contributed by atoms with Crippen LogP contribution in [0.15, 0.2) is 0 Å². The fourth-order valence-corrected chi connectivity index (χ4v) is 2.24. The summed E-state index contributed by atoms with van der Waals surface area (Å²) < 4.78 is 1.90. The zero-order chi connectivity index (χ0) is 12.3. The van der Waals surface area contributed by atoms with E-state index in [0.717, 1.165) is 35.8 Å². The lowest BCUT2D eigenvalue weighted by molar-refractivity contribution is 0.292. The van der Waals surface area contributed by atoms with Crippen LogP contribution in [0.4, 0.5) is 0 Å². The van der Waals surface area contributed by atoms with Gasteiger partial charge in [0, 0.05) is 13.6 Å². The highest BCUT2D eigenvalue weighted by Crippen LogP contribution is 2.30. The van der Waals surface area contributed by atoms with E-state index in [2.05, 4.69) is 24.3 Å². The van der Waals surface area contributed by atoms with E-state index < -0.39 is 0 Å². The Labute approximate surface area is 103 Å². The first-order valence-corrected chi connectivity index (χ1v) is 6.14. The predicted octanol–water partition coefficient (Wildman–Crippen LogP) is 2.56. The minimum Gasteiger partial charge on any atom is -0.319 e. The van der Waals surface area contributed by atoms with E-state index in [1.807, 2.05) is 25.7 Å². The Morgan fingerprint density at radius 1 is 1.50 bits per heavy atom. The van der Waals surface area contributed by atoms with Gasteiger partial charge in [-0.1, -0.05) is 25.4 Å². The molecule has 0 aliphatic rings. The zero-order valence-electron chi connectivity index (χ0n) is 10.9. The number of halogens is 1. The van der Waals surface area contributed by atoms with Crippen molar-refractivity contribution in [1.29, 1.82) is 0 Å². The van der Waals surface area contributed by atoms with E-state index >= 15 is 0 Å². The minimum absolute atomic E-state index is 0.235. The Balaban J connectivity index is 2.93. The van der Waals surface area contributed by atoms with Crippen molar-refractivity contribution in [3.8, 4) is 0 Å². The number of hydrogen-bond donors (Lipinski definition) is 1. The van der Waals surface area contributed by atoms with Crippen molar-refractivity contribution in [1.82, 2.24) is 15.1 Å². The molecule has 0 saturated carbocycles. The molecule has 1 heterocycles. The standard InChI is InChI=1S/C12H22ClN3/c1-6-12(3,8-14-4)7-10-11(13)9(2)15-16(10)5/h14H,6-8H2,1-5H3. The second-order valence-electron chi connectivity index (χ2n) is 4.84. The molecule has 1 unspecified atom stereocenters. The first-order valence-electron chi connectivity index (χ1n) is 5.76. The quantitative estimate of drug-likeness (QED) is 0.862. The van der Waals surface area contributed by atoms with Crippen molar-refractivity contribution in [3.63, 3.8) is 0 Å². The van der Waals surface area contributed by atoms with Crippen LogP contribution in [0.1, 0.15) is 31.7 Å². The van der Waals surface area contributed by atoms with Crippen molar-refractivity contribution in [2.45, 2.75) is 33.6 Å². The van der Waals surface area contributed by atoms with E-state index in [9.17, 15) is 0 Å². The maximum Gasteiger partial charge on any atom is 0.0847 e. The van der Waals surface area contributed by atoms with E-state index in [0.29, 0.717) is 0 Å². The molecule has 0 aliphatic heterocycles. The number of nitrogens with zero attached hydrogens (tertiary/aromatic N) is 2. The third kappa shape index (κ3) is 2.77. The summed E-state index contributed by atoms with van der Waals surface area (Å²) in [5, 5.41) is 8.42. The molecule has 1 atom stereocenters. The Hall–Kier alpha value is -0.540. The van der Waals surface area contributed by atoms with Gasteiger partial charge < -0.3 is 5.32 Å². The molecule has 0 fully saturated rings. The number of aryl methyl sites for hydroxylation is 2. The zero-order valence-corrected chi connectivity index (χ0v) is 11.6. The lowest BCUT2D eigenvalue weighted by atomic mass is 9.82. The van der Waals surface area contributed by atoms with Gasteiger partial charge in [-0.2, -0.15) is 5.10 Å². The van der Waals surface area contributed by atoms with Crippen LogP contribution in [-0.4, -0.2) is 23.4 Å². The van der Waals surface area contributed by atoms with Gasteiger partial charge in [-0.25, -0.2) is 0 Å². The summed E-state index contributed by atoms with van der Waals surface area (Å²) in [5.74, 6) is 0. The molecule has 3 nitrogen and oxygen atoms in total. The predicted molar refractivity (Wildman–Crippen MR) is 69.0 cm³/mol. The van der Waals surface area contributed by atoms with Crippen LogP contribution < -0.4 is 5.32 Å². The summed E-state index contributed by atoms with van der Waals surface area (Å²) in [6.45, 7) is 7.44. The van der Waals surface area contributed by atoms with Gasteiger partial charge in [0.05, 0.1) is 16.4 Å². The molecule has 0 aliphatic carbocycles. The van der Waals surface area contributed by atoms with E-state index in [-0.39, 0.29) is 5.41 Å². The maximum absolute atomic E-state index is 6.27. The molecule has 1 aromatic heterocycles. The smallest absolute Gasteiger partial charge is 0.0847 e. The second-order valence-corrected chi connectivity index (χ2v) is 5.22. The molecular weight excluding hydrogens is 222 g/mol. The van der Waals surface area contributed by atoms with Gasteiger partial charge in [0.15, 0.2) is 0 Å². The van der Waals surface area contributed by atoms with Gasteiger partial charge in [0.25, 0.3) is 0 Å². The fourth-order valence-electron chi connectivity index (χ4n) is 2.02. The molecule has 0 radical (unpaired) electrons. The van der Waals surface area contributed by atoms with Crippen molar-refractivity contribution >= 4 is 11.6 Å². The monoisotopic (exact) mass is 243 g/mol. The molecule has 1 aromatic rings. The fraction of sp³-hybridized carbons (Fsp3) is 0.750. The van der Waals surface area contributed by atoms with Crippen LogP contribution in [0.5, 0.6) is 0 Å². The summed E-state index contributed by atoms with van der Waals surface area (Å²) in [6, 6.07) is 0. The van der Waals surface area contributed by atoms with Gasteiger partial charge in [-0.05, 0) is 32.2 Å². The Bertz CT molecular complexity index is 359. The largest absolute Gasteiger partial charge is 0.319 e. The summed E-state index contributed by atoms with van der Waals surface area (Å²) in [4.78, 5) is 0. The number of rotatable bonds is 5. The molecule has 0 aromatic carbocycles. The average Bonchev–Trinajstić information content (AvgIpc) is 2.46. The molecule has 1 N–H and O–H groups in total. The first kappa shape index (κ1) is 13.5. The van der Waals surface area contributed by atoms with Crippen LogP contribution in [0.2, 0.25) is 5.02 Å². The molecular formula is C12H22ClN3. The van der Waals surface area contributed by atoms with E-state index in [1.165, 1.54) is 0 Å². The van der Waals surface area contributed by atoms with Crippen molar-refractivity contribution in [2.75, 3.05) is 13.6 Å². The second kappa shape index (κ2) is 5.19. The van der Waals surface area contributed by atoms with Crippen molar-refractivity contribution in [3.05, 3.63) is 16.4 Å². The minimum atomic E-state index is 0.235. The number of hydrogen-bond acceptors (Lipinski definition) is 2. The highest BCUT2D eigenvalue weighted by atomic mass is 35.5. The summed E-state index contributed by atoms with van der Waals surface area (Å²) >= 11 is 6.27. The maximum atomic E-state index is 6.27. The van der Waals surface area contributed by atoms with Crippen LogP contribution in [0, 0.1) is 12.3 Å².